The summed E-state index contributed by atoms with van der Waals surface area (Å²) in [6.07, 6.45) is 4.44. The molecule has 0 unspecified atom stereocenters. The van der Waals surface area contributed by atoms with Gasteiger partial charge in [0.15, 0.2) is 11.2 Å². The summed E-state index contributed by atoms with van der Waals surface area (Å²) in [5.41, 5.74) is 1.91. The van der Waals surface area contributed by atoms with Gasteiger partial charge in [-0.05, 0) is 33.3 Å². The largest absolute Gasteiger partial charge is 0.332 e. The van der Waals surface area contributed by atoms with Gasteiger partial charge >= 0.3 is 5.69 Å². The number of aromatic nitrogens is 6. The molecule has 0 radical (unpaired) electrons. The molecule has 8 heteroatoms. The molecule has 0 amide bonds. The second-order valence-electron chi connectivity index (χ2n) is 6.40. The number of allylic oxidation sites excluding steroid dienone is 2. The summed E-state index contributed by atoms with van der Waals surface area (Å²) in [5.74, 6) is 0.559. The Kier molecular flexibility index (Phi) is 4.67. The minimum atomic E-state index is -0.373. The number of nitrogens with zero attached hydrogens (tertiary/aromatic N) is 6. The Morgan fingerprint density at radius 1 is 1.19 bits per heavy atom. The Bertz CT molecular complexity index is 1110. The molecule has 0 saturated heterocycles. The van der Waals surface area contributed by atoms with E-state index >= 15 is 0 Å². The standard InChI is InChI=1S/C18H24N6O2/c1-6-8-10-23-16(25)14-15(21(5)18(23)26)19-17(22(14)9-7-2)24-13(4)11-12(3)20-24/h6,8,11H,7,9-10H2,1-5H3/b8-6+. The Labute approximate surface area is 151 Å². The minimum absolute atomic E-state index is 0.241. The number of imidazole rings is 1. The smallest absolute Gasteiger partial charge is 0.302 e. The van der Waals surface area contributed by atoms with Crippen LogP contribution in [0, 0.1) is 13.8 Å². The highest BCUT2D eigenvalue weighted by Gasteiger charge is 2.21. The van der Waals surface area contributed by atoms with Crippen LogP contribution in [0.4, 0.5) is 0 Å². The van der Waals surface area contributed by atoms with Crippen molar-refractivity contribution in [1.29, 1.82) is 0 Å². The van der Waals surface area contributed by atoms with Crippen LogP contribution in [0.15, 0.2) is 27.8 Å². The second-order valence-corrected chi connectivity index (χ2v) is 6.40. The molecule has 138 valence electrons. The van der Waals surface area contributed by atoms with Crippen LogP contribution in [-0.2, 0) is 20.1 Å². The molecule has 0 aliphatic carbocycles. The maximum atomic E-state index is 13.1. The zero-order chi connectivity index (χ0) is 19.0. The molecule has 0 atom stereocenters. The molecule has 0 fully saturated rings. The molecule has 3 aromatic heterocycles. The zero-order valence-electron chi connectivity index (χ0n) is 15.9. The summed E-state index contributed by atoms with van der Waals surface area (Å²) in [6.45, 7) is 8.61. The van der Waals surface area contributed by atoms with Gasteiger partial charge in [0.05, 0.1) is 5.69 Å². The Balaban J connectivity index is 2.42. The second kappa shape index (κ2) is 6.78. The maximum absolute atomic E-state index is 13.1. The number of hydrogen-bond donors (Lipinski definition) is 0. The predicted octanol–water partition coefficient (Wildman–Crippen LogP) is 1.69. The predicted molar refractivity (Wildman–Crippen MR) is 101 cm³/mol. The van der Waals surface area contributed by atoms with Crippen molar-refractivity contribution in [1.82, 2.24) is 28.5 Å². The van der Waals surface area contributed by atoms with Crippen molar-refractivity contribution in [2.75, 3.05) is 0 Å². The molecule has 0 aromatic carbocycles. The third-order valence-electron chi connectivity index (χ3n) is 4.38. The van der Waals surface area contributed by atoms with Crippen molar-refractivity contribution in [3.63, 3.8) is 0 Å². The highest BCUT2D eigenvalue weighted by atomic mass is 16.2. The molecule has 0 saturated carbocycles. The van der Waals surface area contributed by atoms with Crippen LogP contribution in [0.1, 0.15) is 31.7 Å². The fourth-order valence-corrected chi connectivity index (χ4v) is 3.16. The Morgan fingerprint density at radius 2 is 1.92 bits per heavy atom. The van der Waals surface area contributed by atoms with Crippen LogP contribution >= 0.6 is 0 Å². The summed E-state index contributed by atoms with van der Waals surface area (Å²) >= 11 is 0. The van der Waals surface area contributed by atoms with Gasteiger partial charge in [0.2, 0.25) is 5.95 Å². The van der Waals surface area contributed by atoms with Gasteiger partial charge in [0.25, 0.3) is 5.56 Å². The van der Waals surface area contributed by atoms with E-state index in [1.54, 1.807) is 17.8 Å². The van der Waals surface area contributed by atoms with Crippen molar-refractivity contribution in [2.24, 2.45) is 7.05 Å². The molecule has 26 heavy (non-hydrogen) atoms. The fourth-order valence-electron chi connectivity index (χ4n) is 3.16. The van der Waals surface area contributed by atoms with Gasteiger partial charge in [0, 0.05) is 25.8 Å². The van der Waals surface area contributed by atoms with E-state index in [2.05, 4.69) is 10.1 Å². The minimum Gasteiger partial charge on any atom is -0.302 e. The molecule has 8 nitrogen and oxygen atoms in total. The molecule has 0 aliphatic rings. The van der Waals surface area contributed by atoms with Crippen molar-refractivity contribution in [3.05, 3.63) is 50.4 Å². The molecular weight excluding hydrogens is 332 g/mol. The van der Waals surface area contributed by atoms with Gasteiger partial charge in [-0.15, -0.1) is 0 Å². The van der Waals surface area contributed by atoms with E-state index in [4.69, 9.17) is 0 Å². The Morgan fingerprint density at radius 3 is 2.50 bits per heavy atom. The lowest BCUT2D eigenvalue weighted by molar-refractivity contribution is 0.632. The molecule has 0 bridgehead atoms. The topological polar surface area (TPSA) is 79.6 Å². The van der Waals surface area contributed by atoms with Crippen LogP contribution < -0.4 is 11.2 Å². The highest BCUT2D eigenvalue weighted by Crippen LogP contribution is 2.17. The van der Waals surface area contributed by atoms with Gasteiger partial charge in [-0.25, -0.2) is 9.48 Å². The molecule has 3 rings (SSSR count). The van der Waals surface area contributed by atoms with Crippen molar-refractivity contribution in [2.45, 2.75) is 47.2 Å². The summed E-state index contributed by atoms with van der Waals surface area (Å²) in [6, 6.07) is 1.96. The lowest BCUT2D eigenvalue weighted by Crippen LogP contribution is -2.39. The molecule has 0 spiro atoms. The average Bonchev–Trinajstić information content (AvgIpc) is 3.13. The summed E-state index contributed by atoms with van der Waals surface area (Å²) in [4.78, 5) is 30.3. The van der Waals surface area contributed by atoms with Gasteiger partial charge in [-0.1, -0.05) is 19.1 Å². The lowest BCUT2D eigenvalue weighted by atomic mass is 10.4. The molecule has 0 N–H and O–H groups in total. The summed E-state index contributed by atoms with van der Waals surface area (Å²) in [7, 11) is 1.64. The Hall–Kier alpha value is -2.90. The van der Waals surface area contributed by atoms with E-state index in [1.807, 2.05) is 44.4 Å². The first kappa shape index (κ1) is 17.9. The third kappa shape index (κ3) is 2.71. The van der Waals surface area contributed by atoms with Crippen LogP contribution in [0.25, 0.3) is 17.1 Å². The van der Waals surface area contributed by atoms with Crippen LogP contribution in [-0.4, -0.2) is 28.5 Å². The third-order valence-corrected chi connectivity index (χ3v) is 4.38. The van der Waals surface area contributed by atoms with Gasteiger partial charge in [-0.2, -0.15) is 10.1 Å². The van der Waals surface area contributed by atoms with Gasteiger partial charge < -0.3 is 4.57 Å². The normalized spacial score (nSPS) is 11.9. The average molecular weight is 356 g/mol. The fraction of sp³-hybridized carbons (Fsp3) is 0.444. The van der Waals surface area contributed by atoms with Crippen LogP contribution in [0.5, 0.6) is 0 Å². The van der Waals surface area contributed by atoms with E-state index in [1.165, 1.54) is 9.13 Å². The van der Waals surface area contributed by atoms with E-state index in [9.17, 15) is 9.59 Å². The molecule has 3 aromatic rings. The zero-order valence-corrected chi connectivity index (χ0v) is 15.9. The molecule has 0 aliphatic heterocycles. The SMILES string of the molecule is C/C=C/Cn1c(=O)c2c(nc(-n3nc(C)cc3C)n2CCC)n(C)c1=O. The van der Waals surface area contributed by atoms with Crippen LogP contribution in [0.3, 0.4) is 0 Å². The first-order valence-electron chi connectivity index (χ1n) is 8.75. The van der Waals surface area contributed by atoms with Crippen molar-refractivity contribution >= 4 is 11.2 Å². The highest BCUT2D eigenvalue weighted by molar-refractivity contribution is 5.72. The number of aryl methyl sites for hydroxylation is 4. The molecular formula is C18H24N6O2. The van der Waals surface area contributed by atoms with Crippen molar-refractivity contribution < 1.29 is 0 Å². The summed E-state index contributed by atoms with van der Waals surface area (Å²) in [5, 5.41) is 4.50. The van der Waals surface area contributed by atoms with Gasteiger partial charge in [-0.3, -0.25) is 13.9 Å². The first-order chi connectivity index (χ1) is 12.4. The van der Waals surface area contributed by atoms with E-state index in [-0.39, 0.29) is 17.8 Å². The van der Waals surface area contributed by atoms with Gasteiger partial charge in [0.1, 0.15) is 0 Å². The van der Waals surface area contributed by atoms with Crippen molar-refractivity contribution in [3.8, 4) is 5.95 Å². The number of fused-ring (bicyclic) bond motifs is 1. The van der Waals surface area contributed by atoms with E-state index in [0.717, 1.165) is 17.8 Å². The number of hydrogen-bond acceptors (Lipinski definition) is 4. The monoisotopic (exact) mass is 356 g/mol. The maximum Gasteiger partial charge on any atom is 0.332 e. The first-order valence-corrected chi connectivity index (χ1v) is 8.75. The quantitative estimate of drug-likeness (QED) is 0.652. The lowest BCUT2D eigenvalue weighted by Gasteiger charge is -2.09. The molecule has 3 heterocycles. The number of rotatable bonds is 5. The summed E-state index contributed by atoms with van der Waals surface area (Å²) < 4.78 is 6.26. The van der Waals surface area contributed by atoms with E-state index in [0.29, 0.717) is 23.7 Å². The van der Waals surface area contributed by atoms with Crippen LogP contribution in [0.2, 0.25) is 0 Å². The van der Waals surface area contributed by atoms with E-state index < -0.39 is 0 Å².